The van der Waals surface area contributed by atoms with E-state index in [0.29, 0.717) is 5.71 Å². The largest absolute Gasteiger partial charge is 0.443 e. The number of hydrazone groups is 1. The van der Waals surface area contributed by atoms with Crippen molar-refractivity contribution in [1.29, 1.82) is 0 Å². The van der Waals surface area contributed by atoms with Gasteiger partial charge in [-0.15, -0.1) is 0 Å². The van der Waals surface area contributed by atoms with Crippen molar-refractivity contribution in [3.8, 4) is 0 Å². The van der Waals surface area contributed by atoms with Crippen molar-refractivity contribution >= 4 is 27.7 Å². The number of carbonyl (C=O) groups is 1. The van der Waals surface area contributed by atoms with Gasteiger partial charge in [0.25, 0.3) is 0 Å². The zero-order chi connectivity index (χ0) is 13.8. The van der Waals surface area contributed by atoms with E-state index in [2.05, 4.69) is 26.5 Å². The Balaban J connectivity index is 2.62. The molecule has 0 aliphatic rings. The van der Waals surface area contributed by atoms with Gasteiger partial charge < -0.3 is 4.74 Å². The summed E-state index contributed by atoms with van der Waals surface area (Å²) in [6, 6.07) is 7.67. The van der Waals surface area contributed by atoms with Crippen LogP contribution >= 0.6 is 15.9 Å². The lowest BCUT2D eigenvalue weighted by atomic mass is 10.1. The Kier molecular flexibility index (Phi) is 4.90. The predicted octanol–water partition coefficient (Wildman–Crippen LogP) is 3.70. The van der Waals surface area contributed by atoms with Crippen LogP contribution in [0.4, 0.5) is 4.79 Å². The summed E-state index contributed by atoms with van der Waals surface area (Å²) < 4.78 is 6.08. The van der Waals surface area contributed by atoms with Crippen molar-refractivity contribution in [1.82, 2.24) is 5.43 Å². The zero-order valence-corrected chi connectivity index (χ0v) is 12.5. The maximum Gasteiger partial charge on any atom is 0.428 e. The molecule has 18 heavy (non-hydrogen) atoms. The number of amides is 1. The number of hydrogen-bond donors (Lipinski definition) is 1. The molecule has 4 nitrogen and oxygen atoms in total. The lowest BCUT2D eigenvalue weighted by molar-refractivity contribution is 0.0529. The Morgan fingerprint density at radius 2 is 1.83 bits per heavy atom. The molecule has 0 aromatic heterocycles. The molecule has 0 radical (unpaired) electrons. The van der Waals surface area contributed by atoms with Crippen molar-refractivity contribution in [3.05, 3.63) is 34.3 Å². The van der Waals surface area contributed by atoms with Crippen LogP contribution in [0.5, 0.6) is 0 Å². The summed E-state index contributed by atoms with van der Waals surface area (Å²) in [6.45, 7) is 7.23. The summed E-state index contributed by atoms with van der Waals surface area (Å²) in [6.07, 6.45) is -0.557. The predicted molar refractivity (Wildman–Crippen MR) is 75.7 cm³/mol. The van der Waals surface area contributed by atoms with Crippen LogP contribution < -0.4 is 5.43 Å². The highest BCUT2D eigenvalue weighted by molar-refractivity contribution is 9.10. The highest BCUT2D eigenvalue weighted by atomic mass is 79.9. The molecule has 0 unspecified atom stereocenters. The number of nitrogens with one attached hydrogen (secondary N) is 1. The third-order valence-corrected chi connectivity index (χ3v) is 2.50. The number of hydrogen-bond acceptors (Lipinski definition) is 3. The van der Waals surface area contributed by atoms with Crippen molar-refractivity contribution in [2.45, 2.75) is 33.3 Å². The monoisotopic (exact) mass is 312 g/mol. The fraction of sp³-hybridized carbons (Fsp3) is 0.385. The quantitative estimate of drug-likeness (QED) is 0.668. The second kappa shape index (κ2) is 6.00. The second-order valence-corrected chi connectivity index (χ2v) is 5.73. The minimum atomic E-state index is -0.557. The molecule has 98 valence electrons. The third kappa shape index (κ3) is 5.31. The first-order valence-electron chi connectivity index (χ1n) is 5.57. The first-order chi connectivity index (χ1) is 8.28. The van der Waals surface area contributed by atoms with Crippen LogP contribution in [0.15, 0.2) is 33.8 Å². The van der Waals surface area contributed by atoms with E-state index in [9.17, 15) is 4.79 Å². The Bertz CT molecular complexity index is 447. The SMILES string of the molecule is CC(=NNC(=O)OC(C)(C)C)c1ccc(Br)cc1. The number of ether oxygens (including phenoxy) is 1. The normalized spacial score (nSPS) is 12.2. The van der Waals surface area contributed by atoms with E-state index in [0.717, 1.165) is 10.0 Å². The molecule has 1 amide bonds. The molecule has 0 saturated heterocycles. The van der Waals surface area contributed by atoms with Crippen LogP contribution in [0.2, 0.25) is 0 Å². The van der Waals surface area contributed by atoms with Crippen LogP contribution in [0.25, 0.3) is 0 Å². The summed E-state index contributed by atoms with van der Waals surface area (Å²) >= 11 is 3.36. The summed E-state index contributed by atoms with van der Waals surface area (Å²) in [5.41, 5.74) is 3.50. The van der Waals surface area contributed by atoms with E-state index in [4.69, 9.17) is 4.74 Å². The zero-order valence-electron chi connectivity index (χ0n) is 11.0. The molecular formula is C13H17BrN2O2. The highest BCUT2D eigenvalue weighted by Crippen LogP contribution is 2.11. The number of benzene rings is 1. The van der Waals surface area contributed by atoms with Gasteiger partial charge in [0.2, 0.25) is 0 Å². The van der Waals surface area contributed by atoms with Gasteiger partial charge in [0.05, 0.1) is 5.71 Å². The van der Waals surface area contributed by atoms with Gasteiger partial charge in [-0.05, 0) is 45.4 Å². The van der Waals surface area contributed by atoms with E-state index < -0.39 is 11.7 Å². The van der Waals surface area contributed by atoms with Gasteiger partial charge in [-0.3, -0.25) is 0 Å². The molecule has 0 aliphatic heterocycles. The van der Waals surface area contributed by atoms with Crippen LogP contribution in [0.1, 0.15) is 33.3 Å². The molecule has 0 saturated carbocycles. The second-order valence-electron chi connectivity index (χ2n) is 4.82. The standard InChI is InChI=1S/C13H17BrN2O2/c1-9(10-5-7-11(14)8-6-10)15-16-12(17)18-13(2,3)4/h5-8H,1-4H3,(H,16,17). The van der Waals surface area contributed by atoms with E-state index in [1.807, 2.05) is 31.2 Å². The molecule has 0 heterocycles. The first-order valence-corrected chi connectivity index (χ1v) is 6.36. The maximum absolute atomic E-state index is 11.4. The smallest absolute Gasteiger partial charge is 0.428 e. The minimum absolute atomic E-state index is 0.523. The Morgan fingerprint density at radius 3 is 2.33 bits per heavy atom. The van der Waals surface area contributed by atoms with E-state index in [1.165, 1.54) is 0 Å². The van der Waals surface area contributed by atoms with Crippen molar-refractivity contribution in [2.75, 3.05) is 0 Å². The fourth-order valence-electron chi connectivity index (χ4n) is 1.19. The van der Waals surface area contributed by atoms with Crippen molar-refractivity contribution in [3.63, 3.8) is 0 Å². The van der Waals surface area contributed by atoms with Crippen LogP contribution in [-0.2, 0) is 4.74 Å². The average Bonchev–Trinajstić information content (AvgIpc) is 2.24. The molecule has 0 bridgehead atoms. The lowest BCUT2D eigenvalue weighted by Gasteiger charge is -2.18. The molecule has 5 heteroatoms. The number of halogens is 1. The third-order valence-electron chi connectivity index (χ3n) is 1.98. The van der Waals surface area contributed by atoms with E-state index in [1.54, 1.807) is 20.8 Å². The number of carbonyl (C=O) groups excluding carboxylic acids is 1. The van der Waals surface area contributed by atoms with Gasteiger partial charge >= 0.3 is 6.09 Å². The fourth-order valence-corrected chi connectivity index (χ4v) is 1.45. The Labute approximate surface area is 116 Å². The van der Waals surface area contributed by atoms with Crippen molar-refractivity contribution < 1.29 is 9.53 Å². The molecule has 0 spiro atoms. The topological polar surface area (TPSA) is 50.7 Å². The van der Waals surface area contributed by atoms with Crippen LogP contribution in [0.3, 0.4) is 0 Å². The number of rotatable bonds is 2. The average molecular weight is 313 g/mol. The molecule has 0 fully saturated rings. The molecule has 1 aromatic carbocycles. The van der Waals surface area contributed by atoms with Gasteiger partial charge in [0.1, 0.15) is 5.60 Å². The lowest BCUT2D eigenvalue weighted by Crippen LogP contribution is -2.30. The minimum Gasteiger partial charge on any atom is -0.443 e. The van der Waals surface area contributed by atoms with Gasteiger partial charge in [-0.25, -0.2) is 10.2 Å². The van der Waals surface area contributed by atoms with E-state index >= 15 is 0 Å². The Hall–Kier alpha value is -1.36. The molecule has 1 N–H and O–H groups in total. The number of nitrogens with zero attached hydrogens (tertiary/aromatic N) is 1. The molecule has 1 aromatic rings. The molecule has 0 atom stereocenters. The van der Waals surface area contributed by atoms with Gasteiger partial charge in [0, 0.05) is 4.47 Å². The summed E-state index contributed by atoms with van der Waals surface area (Å²) in [4.78, 5) is 11.4. The van der Waals surface area contributed by atoms with Gasteiger partial charge in [0.15, 0.2) is 0 Å². The molecular weight excluding hydrogens is 296 g/mol. The summed E-state index contributed by atoms with van der Waals surface area (Å²) in [5.74, 6) is 0. The van der Waals surface area contributed by atoms with Gasteiger partial charge in [-0.2, -0.15) is 5.10 Å². The van der Waals surface area contributed by atoms with Crippen LogP contribution in [0, 0.1) is 0 Å². The maximum atomic E-state index is 11.4. The molecule has 0 aliphatic carbocycles. The Morgan fingerprint density at radius 1 is 1.28 bits per heavy atom. The van der Waals surface area contributed by atoms with Crippen LogP contribution in [-0.4, -0.2) is 17.4 Å². The highest BCUT2D eigenvalue weighted by Gasteiger charge is 2.15. The summed E-state index contributed by atoms with van der Waals surface area (Å²) in [7, 11) is 0. The molecule has 1 rings (SSSR count). The van der Waals surface area contributed by atoms with Gasteiger partial charge in [-0.1, -0.05) is 28.1 Å². The van der Waals surface area contributed by atoms with Crippen molar-refractivity contribution in [2.24, 2.45) is 5.10 Å². The first kappa shape index (κ1) is 14.7. The summed E-state index contributed by atoms with van der Waals surface area (Å²) in [5, 5.41) is 3.98. The van der Waals surface area contributed by atoms with E-state index in [-0.39, 0.29) is 0 Å².